The average molecular weight is 416 g/mol. The van der Waals surface area contributed by atoms with E-state index in [0.29, 0.717) is 18.4 Å². The van der Waals surface area contributed by atoms with Crippen LogP contribution in [0.5, 0.6) is 5.75 Å². The monoisotopic (exact) mass is 415 g/mol. The molecule has 1 aliphatic heterocycles. The Morgan fingerprint density at radius 2 is 1.97 bits per heavy atom. The number of likely N-dealkylation sites (tertiary alicyclic amines) is 1. The summed E-state index contributed by atoms with van der Waals surface area (Å²) in [7, 11) is 1.71. The summed E-state index contributed by atoms with van der Waals surface area (Å²) in [4.78, 5) is 13.2. The Hall–Kier alpha value is -2.30. The minimum absolute atomic E-state index is 0. The predicted octanol–water partition coefficient (Wildman–Crippen LogP) is 5.49. The van der Waals surface area contributed by atoms with Crippen LogP contribution in [-0.4, -0.2) is 29.6 Å². The SMILES string of the molecule is COc1cccc([C@@H]2[C@@H](C/C=C\CCC(=O)O)CCN2Cc2ccccc2)c1.Cl. The van der Waals surface area contributed by atoms with Gasteiger partial charge in [-0.15, -0.1) is 12.4 Å². The quantitative estimate of drug-likeness (QED) is 0.550. The number of nitrogens with zero attached hydrogens (tertiary/aromatic N) is 1. The molecule has 1 saturated heterocycles. The van der Waals surface area contributed by atoms with Crippen molar-refractivity contribution >= 4 is 18.4 Å². The van der Waals surface area contributed by atoms with E-state index in [9.17, 15) is 4.79 Å². The number of hydrogen-bond donors (Lipinski definition) is 1. The molecule has 29 heavy (non-hydrogen) atoms. The summed E-state index contributed by atoms with van der Waals surface area (Å²) in [6.45, 7) is 1.99. The Labute approximate surface area is 179 Å². The normalized spacial score (nSPS) is 19.2. The first-order valence-corrected chi connectivity index (χ1v) is 9.96. The van der Waals surface area contributed by atoms with Crippen molar-refractivity contribution in [2.75, 3.05) is 13.7 Å². The number of rotatable bonds is 9. The van der Waals surface area contributed by atoms with Gasteiger partial charge in [0.05, 0.1) is 7.11 Å². The van der Waals surface area contributed by atoms with Crippen molar-refractivity contribution in [2.45, 2.75) is 38.3 Å². The van der Waals surface area contributed by atoms with Crippen LogP contribution in [0.1, 0.15) is 42.9 Å². The van der Waals surface area contributed by atoms with Crippen LogP contribution in [0, 0.1) is 5.92 Å². The molecular weight excluding hydrogens is 386 g/mol. The Morgan fingerprint density at radius 1 is 1.17 bits per heavy atom. The number of ether oxygens (including phenoxy) is 1. The van der Waals surface area contributed by atoms with Gasteiger partial charge in [-0.25, -0.2) is 0 Å². The van der Waals surface area contributed by atoms with Gasteiger partial charge in [0.1, 0.15) is 5.75 Å². The maximum absolute atomic E-state index is 10.7. The zero-order valence-electron chi connectivity index (χ0n) is 16.9. The highest BCUT2D eigenvalue weighted by Gasteiger charge is 2.34. The zero-order valence-corrected chi connectivity index (χ0v) is 17.7. The molecule has 0 bridgehead atoms. The molecule has 3 rings (SSSR count). The number of halogens is 1. The Balaban J connectivity index is 0.00000300. The minimum atomic E-state index is -0.742. The van der Waals surface area contributed by atoms with E-state index in [-0.39, 0.29) is 18.8 Å². The number of methoxy groups -OCH3 is 1. The van der Waals surface area contributed by atoms with E-state index in [4.69, 9.17) is 9.84 Å². The Bertz CT molecular complexity index is 794. The van der Waals surface area contributed by atoms with Gasteiger partial charge in [0, 0.05) is 19.0 Å². The average Bonchev–Trinajstić information content (AvgIpc) is 3.10. The van der Waals surface area contributed by atoms with E-state index < -0.39 is 5.97 Å². The van der Waals surface area contributed by atoms with E-state index in [1.807, 2.05) is 12.1 Å². The molecule has 2 atom stereocenters. The van der Waals surface area contributed by atoms with Crippen LogP contribution in [0.2, 0.25) is 0 Å². The first-order valence-electron chi connectivity index (χ1n) is 9.96. The maximum Gasteiger partial charge on any atom is 0.303 e. The second kappa shape index (κ2) is 11.6. The lowest BCUT2D eigenvalue weighted by atomic mass is 9.90. The molecule has 0 radical (unpaired) electrons. The van der Waals surface area contributed by atoms with Crippen LogP contribution in [0.3, 0.4) is 0 Å². The van der Waals surface area contributed by atoms with E-state index >= 15 is 0 Å². The molecule has 4 nitrogen and oxygen atoms in total. The molecule has 2 aromatic rings. The first kappa shape index (κ1) is 23.0. The molecule has 1 fully saturated rings. The van der Waals surface area contributed by atoms with Gasteiger partial charge in [0.2, 0.25) is 0 Å². The van der Waals surface area contributed by atoms with Crippen LogP contribution < -0.4 is 4.74 Å². The van der Waals surface area contributed by atoms with E-state index in [2.05, 4.69) is 59.5 Å². The molecule has 0 aliphatic carbocycles. The predicted molar refractivity (Wildman–Crippen MR) is 119 cm³/mol. The Morgan fingerprint density at radius 3 is 2.69 bits per heavy atom. The van der Waals surface area contributed by atoms with Crippen LogP contribution in [0.15, 0.2) is 66.7 Å². The topological polar surface area (TPSA) is 49.8 Å². The highest BCUT2D eigenvalue weighted by molar-refractivity contribution is 5.85. The molecule has 156 valence electrons. The fraction of sp³-hybridized carbons (Fsp3) is 0.375. The summed E-state index contributed by atoms with van der Waals surface area (Å²) < 4.78 is 5.45. The lowest BCUT2D eigenvalue weighted by molar-refractivity contribution is -0.136. The number of carboxylic acids is 1. The van der Waals surface area contributed by atoms with E-state index in [0.717, 1.165) is 31.7 Å². The number of benzene rings is 2. The molecule has 0 unspecified atom stereocenters. The molecule has 0 amide bonds. The van der Waals surface area contributed by atoms with Gasteiger partial charge >= 0.3 is 5.97 Å². The van der Waals surface area contributed by atoms with Gasteiger partial charge in [0.15, 0.2) is 0 Å². The smallest absolute Gasteiger partial charge is 0.303 e. The molecule has 0 aromatic heterocycles. The van der Waals surface area contributed by atoms with Gasteiger partial charge in [0.25, 0.3) is 0 Å². The summed E-state index contributed by atoms with van der Waals surface area (Å²) in [5, 5.41) is 8.79. The fourth-order valence-electron chi connectivity index (χ4n) is 4.07. The number of carbonyl (C=O) groups is 1. The van der Waals surface area contributed by atoms with Crippen molar-refractivity contribution in [2.24, 2.45) is 5.92 Å². The standard InChI is InChI=1S/C24H29NO3.ClH/c1-28-22-13-8-12-21(17-22)24-20(11-6-3-7-14-23(26)27)15-16-25(24)18-19-9-4-2-5-10-19;/h2-6,8-10,12-13,17,20,24H,7,11,14-16,18H2,1H3,(H,26,27);1H/b6-3-;/t20-,24-;/m0./s1. The van der Waals surface area contributed by atoms with Crippen molar-refractivity contribution in [1.82, 2.24) is 4.90 Å². The lowest BCUT2D eigenvalue weighted by Gasteiger charge is -2.29. The number of aliphatic carboxylic acids is 1. The first-order chi connectivity index (χ1) is 13.7. The van der Waals surface area contributed by atoms with E-state index in [1.165, 1.54) is 11.1 Å². The molecule has 5 heteroatoms. The third-order valence-electron chi connectivity index (χ3n) is 5.42. The van der Waals surface area contributed by atoms with E-state index in [1.54, 1.807) is 7.11 Å². The molecule has 2 aromatic carbocycles. The van der Waals surface area contributed by atoms with Crippen LogP contribution in [0.25, 0.3) is 0 Å². The van der Waals surface area contributed by atoms with Gasteiger partial charge in [-0.3, -0.25) is 9.69 Å². The minimum Gasteiger partial charge on any atom is -0.497 e. The maximum atomic E-state index is 10.7. The van der Waals surface area contributed by atoms with Gasteiger partial charge in [-0.05, 0) is 55.0 Å². The summed E-state index contributed by atoms with van der Waals surface area (Å²) in [5.41, 5.74) is 2.62. The van der Waals surface area contributed by atoms with Crippen molar-refractivity contribution in [3.63, 3.8) is 0 Å². The summed E-state index contributed by atoms with van der Waals surface area (Å²) in [6, 6.07) is 19.3. The lowest BCUT2D eigenvalue weighted by Crippen LogP contribution is -2.25. The number of hydrogen-bond acceptors (Lipinski definition) is 3. The number of allylic oxidation sites excluding steroid dienone is 2. The molecule has 1 heterocycles. The van der Waals surface area contributed by atoms with Crippen molar-refractivity contribution < 1.29 is 14.6 Å². The second-order valence-electron chi connectivity index (χ2n) is 7.37. The van der Waals surface area contributed by atoms with Crippen LogP contribution in [0.4, 0.5) is 0 Å². The third-order valence-corrected chi connectivity index (χ3v) is 5.42. The van der Waals surface area contributed by atoms with Gasteiger partial charge < -0.3 is 9.84 Å². The fourth-order valence-corrected chi connectivity index (χ4v) is 4.07. The van der Waals surface area contributed by atoms with Gasteiger partial charge in [-0.1, -0.05) is 54.6 Å². The van der Waals surface area contributed by atoms with Crippen molar-refractivity contribution in [3.8, 4) is 5.75 Å². The van der Waals surface area contributed by atoms with Crippen molar-refractivity contribution in [1.29, 1.82) is 0 Å². The molecule has 1 N–H and O–H groups in total. The van der Waals surface area contributed by atoms with Crippen molar-refractivity contribution in [3.05, 3.63) is 77.9 Å². The zero-order chi connectivity index (χ0) is 19.8. The van der Waals surface area contributed by atoms with Crippen LogP contribution in [-0.2, 0) is 11.3 Å². The highest BCUT2D eigenvalue weighted by Crippen LogP contribution is 2.41. The summed E-state index contributed by atoms with van der Waals surface area (Å²) in [6.07, 6.45) is 7.06. The largest absolute Gasteiger partial charge is 0.497 e. The third kappa shape index (κ3) is 6.62. The second-order valence-corrected chi connectivity index (χ2v) is 7.37. The highest BCUT2D eigenvalue weighted by atomic mass is 35.5. The van der Waals surface area contributed by atoms with Crippen LogP contribution >= 0.6 is 12.4 Å². The molecule has 1 aliphatic rings. The molecule has 0 spiro atoms. The Kier molecular flexibility index (Phi) is 9.23. The number of carboxylic acid groups (broad SMARTS) is 1. The summed E-state index contributed by atoms with van der Waals surface area (Å²) >= 11 is 0. The van der Waals surface area contributed by atoms with Gasteiger partial charge in [-0.2, -0.15) is 0 Å². The molecular formula is C24H30ClNO3. The molecule has 0 saturated carbocycles. The summed E-state index contributed by atoms with van der Waals surface area (Å²) in [5.74, 6) is 0.658.